The van der Waals surface area contributed by atoms with Crippen LogP contribution in [0.15, 0.2) is 10.4 Å². The summed E-state index contributed by atoms with van der Waals surface area (Å²) in [4.78, 5) is 11.3. The summed E-state index contributed by atoms with van der Waals surface area (Å²) in [5, 5.41) is 9.93. The molecule has 2 rings (SSSR count). The van der Waals surface area contributed by atoms with Crippen LogP contribution in [0.2, 0.25) is 0 Å². The highest BCUT2D eigenvalue weighted by molar-refractivity contribution is 8.00. The summed E-state index contributed by atoms with van der Waals surface area (Å²) in [6.07, 6.45) is 4.35. The number of aromatic nitrogens is 1. The lowest BCUT2D eigenvalue weighted by atomic mass is 9.99. The smallest absolute Gasteiger partial charge is 0.191 e. The Bertz CT molecular complexity index is 526. The van der Waals surface area contributed by atoms with Crippen LogP contribution in [0.25, 0.3) is 0 Å². The van der Waals surface area contributed by atoms with Gasteiger partial charge < -0.3 is 20.3 Å². The first-order valence-corrected chi connectivity index (χ1v) is 10.5. The van der Waals surface area contributed by atoms with Crippen molar-refractivity contribution in [1.29, 1.82) is 0 Å². The highest BCUT2D eigenvalue weighted by atomic mass is 32.2. The zero-order valence-corrected chi connectivity index (χ0v) is 16.7. The monoisotopic (exact) mass is 371 g/mol. The lowest BCUT2D eigenvalue weighted by Gasteiger charge is -2.36. The van der Waals surface area contributed by atoms with Crippen LogP contribution in [0.1, 0.15) is 25.5 Å². The summed E-state index contributed by atoms with van der Waals surface area (Å²) in [6.45, 7) is 6.13. The average Bonchev–Trinajstić information content (AvgIpc) is 3.07. The Morgan fingerprint density at radius 1 is 1.42 bits per heavy atom. The molecule has 0 bridgehead atoms. The molecule has 0 saturated carbocycles. The molecule has 1 fully saturated rings. The minimum absolute atomic E-state index is 0.243. The summed E-state index contributed by atoms with van der Waals surface area (Å²) in [5.74, 6) is 0.858. The molecule has 0 aliphatic carbocycles. The van der Waals surface area contributed by atoms with Gasteiger partial charge in [-0.05, 0) is 26.0 Å². The van der Waals surface area contributed by atoms with E-state index in [1.807, 2.05) is 30.8 Å². The van der Waals surface area contributed by atoms with Crippen LogP contribution in [-0.2, 0) is 11.3 Å². The van der Waals surface area contributed by atoms with E-state index in [2.05, 4.69) is 39.2 Å². The quantitative estimate of drug-likeness (QED) is 0.566. The third-order valence-corrected chi connectivity index (χ3v) is 6.56. The molecule has 2 N–H and O–H groups in total. The minimum Gasteiger partial charge on any atom is -0.381 e. The molecular formula is C16H29N5OS2. The standard InChI is InChI=1S/C16H29N5OS2/c1-5-17-14(18-10-13-11-24-15(20-13)21(2)3)19-12-16(23-4)6-8-22-9-7-16/h11H,5-10,12H2,1-4H3,(H2,17,18,19). The molecule has 0 radical (unpaired) electrons. The maximum Gasteiger partial charge on any atom is 0.191 e. The number of hydrogen-bond donors (Lipinski definition) is 2. The second-order valence-corrected chi connectivity index (χ2v) is 8.17. The van der Waals surface area contributed by atoms with Gasteiger partial charge in [-0.2, -0.15) is 11.8 Å². The number of anilines is 1. The van der Waals surface area contributed by atoms with Gasteiger partial charge in [0.2, 0.25) is 0 Å². The summed E-state index contributed by atoms with van der Waals surface area (Å²) in [5.41, 5.74) is 1.01. The average molecular weight is 372 g/mol. The van der Waals surface area contributed by atoms with Crippen LogP contribution in [0.4, 0.5) is 5.13 Å². The van der Waals surface area contributed by atoms with Crippen LogP contribution in [0.3, 0.4) is 0 Å². The van der Waals surface area contributed by atoms with Crippen molar-refractivity contribution >= 4 is 34.2 Å². The first kappa shape index (κ1) is 19.3. The lowest BCUT2D eigenvalue weighted by molar-refractivity contribution is 0.0783. The molecule has 24 heavy (non-hydrogen) atoms. The van der Waals surface area contributed by atoms with Gasteiger partial charge in [-0.25, -0.2) is 9.98 Å². The summed E-state index contributed by atoms with van der Waals surface area (Å²) < 4.78 is 5.75. The molecule has 0 unspecified atom stereocenters. The van der Waals surface area contributed by atoms with E-state index in [1.165, 1.54) is 0 Å². The van der Waals surface area contributed by atoms with Gasteiger partial charge in [0.1, 0.15) is 0 Å². The van der Waals surface area contributed by atoms with Crippen LogP contribution < -0.4 is 15.5 Å². The summed E-state index contributed by atoms with van der Waals surface area (Å²) in [7, 11) is 4.01. The van der Waals surface area contributed by atoms with Crippen molar-refractivity contribution in [3.05, 3.63) is 11.1 Å². The molecule has 0 spiro atoms. The number of thioether (sulfide) groups is 1. The van der Waals surface area contributed by atoms with Crippen LogP contribution in [0, 0.1) is 0 Å². The normalized spacial score (nSPS) is 17.6. The van der Waals surface area contributed by atoms with E-state index < -0.39 is 0 Å². The van der Waals surface area contributed by atoms with Crippen molar-refractivity contribution in [1.82, 2.24) is 15.6 Å². The van der Waals surface area contributed by atoms with E-state index >= 15 is 0 Å². The van der Waals surface area contributed by atoms with Crippen molar-refractivity contribution in [2.75, 3.05) is 51.6 Å². The van der Waals surface area contributed by atoms with Gasteiger partial charge in [0, 0.05) is 50.5 Å². The van der Waals surface area contributed by atoms with E-state index in [9.17, 15) is 0 Å². The highest BCUT2D eigenvalue weighted by Crippen LogP contribution is 2.32. The Labute approximate surface area is 153 Å². The van der Waals surface area contributed by atoms with Crippen molar-refractivity contribution in [2.45, 2.75) is 31.1 Å². The number of aliphatic imine (C=N–C) groups is 1. The van der Waals surface area contributed by atoms with Gasteiger partial charge in [0.25, 0.3) is 0 Å². The lowest BCUT2D eigenvalue weighted by Crippen LogP contribution is -2.47. The molecule has 8 heteroatoms. The van der Waals surface area contributed by atoms with Gasteiger partial charge in [0.15, 0.2) is 11.1 Å². The zero-order chi connectivity index (χ0) is 17.4. The summed E-state index contributed by atoms with van der Waals surface area (Å²) >= 11 is 3.58. The fourth-order valence-corrected chi connectivity index (χ4v) is 4.06. The Morgan fingerprint density at radius 2 is 2.17 bits per heavy atom. The number of rotatable bonds is 7. The van der Waals surface area contributed by atoms with Crippen molar-refractivity contribution in [3.8, 4) is 0 Å². The largest absolute Gasteiger partial charge is 0.381 e. The predicted molar refractivity (Wildman–Crippen MR) is 106 cm³/mol. The number of hydrogen-bond acceptors (Lipinski definition) is 6. The Morgan fingerprint density at radius 3 is 2.75 bits per heavy atom. The molecule has 0 atom stereocenters. The van der Waals surface area contributed by atoms with Crippen LogP contribution >= 0.6 is 23.1 Å². The predicted octanol–water partition coefficient (Wildman–Crippen LogP) is 2.18. The van der Waals surface area contributed by atoms with Gasteiger partial charge >= 0.3 is 0 Å². The van der Waals surface area contributed by atoms with Gasteiger partial charge in [-0.3, -0.25) is 0 Å². The fourth-order valence-electron chi connectivity index (χ4n) is 2.52. The first-order chi connectivity index (χ1) is 11.6. The van der Waals surface area contributed by atoms with E-state index in [4.69, 9.17) is 4.74 Å². The molecule has 1 aliphatic rings. The molecule has 136 valence electrons. The zero-order valence-electron chi connectivity index (χ0n) is 15.1. The van der Waals surface area contributed by atoms with Crippen LogP contribution in [-0.4, -0.2) is 62.3 Å². The maximum absolute atomic E-state index is 5.51. The molecule has 1 aliphatic heterocycles. The molecule has 1 aromatic rings. The van der Waals surface area contributed by atoms with Gasteiger partial charge in [-0.15, -0.1) is 11.3 Å². The Kier molecular flexibility index (Phi) is 7.64. The molecule has 6 nitrogen and oxygen atoms in total. The number of nitrogens with one attached hydrogen (secondary N) is 2. The van der Waals surface area contributed by atoms with Crippen LogP contribution in [0.5, 0.6) is 0 Å². The second kappa shape index (κ2) is 9.48. The van der Waals surface area contributed by atoms with E-state index in [-0.39, 0.29) is 4.75 Å². The first-order valence-electron chi connectivity index (χ1n) is 8.35. The van der Waals surface area contributed by atoms with E-state index in [1.54, 1.807) is 11.3 Å². The molecule has 1 aromatic heterocycles. The molecule has 1 saturated heterocycles. The topological polar surface area (TPSA) is 61.8 Å². The van der Waals surface area contributed by atoms with Crippen molar-refractivity contribution in [2.24, 2.45) is 4.99 Å². The summed E-state index contributed by atoms with van der Waals surface area (Å²) in [6, 6.07) is 0. The number of ether oxygens (including phenoxy) is 1. The molecule has 0 aromatic carbocycles. The van der Waals surface area contributed by atoms with E-state index in [0.717, 1.165) is 55.9 Å². The number of thiazole rings is 1. The third kappa shape index (κ3) is 5.53. The fraction of sp³-hybridized carbons (Fsp3) is 0.750. The molecule has 2 heterocycles. The number of nitrogens with zero attached hydrogens (tertiary/aromatic N) is 3. The highest BCUT2D eigenvalue weighted by Gasteiger charge is 2.31. The SMILES string of the molecule is CCNC(=NCc1csc(N(C)C)n1)NCC1(SC)CCOCC1. The van der Waals surface area contributed by atoms with Gasteiger partial charge in [0.05, 0.1) is 12.2 Å². The number of guanidine groups is 1. The van der Waals surface area contributed by atoms with Crippen molar-refractivity contribution in [3.63, 3.8) is 0 Å². The maximum atomic E-state index is 5.51. The Balaban J connectivity index is 1.94. The Hall–Kier alpha value is -0.990. The van der Waals surface area contributed by atoms with Crippen molar-refractivity contribution < 1.29 is 4.74 Å². The van der Waals surface area contributed by atoms with Gasteiger partial charge in [-0.1, -0.05) is 0 Å². The minimum atomic E-state index is 0.243. The second-order valence-electron chi connectivity index (χ2n) is 6.06. The molecule has 0 amide bonds. The third-order valence-electron chi connectivity index (χ3n) is 4.08. The molecular weight excluding hydrogens is 342 g/mol. The van der Waals surface area contributed by atoms with E-state index in [0.29, 0.717) is 6.54 Å².